The van der Waals surface area contributed by atoms with Crippen LogP contribution in [0, 0.1) is 6.92 Å². The molecule has 0 unspecified atom stereocenters. The van der Waals surface area contributed by atoms with Crippen molar-refractivity contribution in [3.63, 3.8) is 0 Å². The molecule has 5 heteroatoms. The van der Waals surface area contributed by atoms with Gasteiger partial charge >= 0.3 is 5.97 Å². The van der Waals surface area contributed by atoms with Gasteiger partial charge in [-0.2, -0.15) is 0 Å². The summed E-state index contributed by atoms with van der Waals surface area (Å²) in [5.41, 5.74) is 2.95. The van der Waals surface area contributed by atoms with Gasteiger partial charge in [0.05, 0.1) is 13.1 Å². The molecule has 0 atom stereocenters. The third-order valence-electron chi connectivity index (χ3n) is 3.27. The van der Waals surface area contributed by atoms with Crippen LogP contribution < -0.4 is 5.32 Å². The van der Waals surface area contributed by atoms with Crippen molar-refractivity contribution in [1.82, 2.24) is 4.90 Å². The standard InChI is InChI=1S/C16H24N2O3/c1-4-9-18(11-15(20)21)10-14(19)17-16-12(3)7-6-8-13(16)5-2/h6-8H,4-5,9-11H2,1-3H3,(H,17,19)(H,20,21). The fraction of sp³-hybridized carbons (Fsp3) is 0.500. The highest BCUT2D eigenvalue weighted by Crippen LogP contribution is 2.20. The molecule has 0 aromatic heterocycles. The maximum atomic E-state index is 12.2. The summed E-state index contributed by atoms with van der Waals surface area (Å²) in [5, 5.41) is 11.8. The SMILES string of the molecule is CCCN(CC(=O)O)CC(=O)Nc1c(C)cccc1CC. The molecule has 1 aromatic carbocycles. The number of rotatable bonds is 8. The summed E-state index contributed by atoms with van der Waals surface area (Å²) in [6, 6.07) is 5.91. The first kappa shape index (κ1) is 17.2. The van der Waals surface area contributed by atoms with Crippen LogP contribution in [0.2, 0.25) is 0 Å². The molecule has 1 rings (SSSR count). The average Bonchev–Trinajstić information content (AvgIpc) is 2.40. The number of carboxylic acids is 1. The first-order chi connectivity index (χ1) is 9.97. The summed E-state index contributed by atoms with van der Waals surface area (Å²) in [7, 11) is 0. The Bertz CT molecular complexity index is 500. The number of carbonyl (C=O) groups is 2. The minimum atomic E-state index is -0.915. The van der Waals surface area contributed by atoms with Crippen molar-refractivity contribution in [2.45, 2.75) is 33.6 Å². The molecule has 21 heavy (non-hydrogen) atoms. The van der Waals surface area contributed by atoms with Gasteiger partial charge in [0.1, 0.15) is 0 Å². The van der Waals surface area contributed by atoms with Gasteiger partial charge in [-0.25, -0.2) is 0 Å². The summed E-state index contributed by atoms with van der Waals surface area (Å²) >= 11 is 0. The lowest BCUT2D eigenvalue weighted by atomic mass is 10.1. The van der Waals surface area contributed by atoms with Crippen LogP contribution in [-0.2, 0) is 16.0 Å². The average molecular weight is 292 g/mol. The van der Waals surface area contributed by atoms with Crippen molar-refractivity contribution < 1.29 is 14.7 Å². The van der Waals surface area contributed by atoms with Crippen LogP contribution in [0.5, 0.6) is 0 Å². The first-order valence-corrected chi connectivity index (χ1v) is 7.30. The Hall–Kier alpha value is -1.88. The van der Waals surface area contributed by atoms with E-state index in [9.17, 15) is 9.59 Å². The van der Waals surface area contributed by atoms with Gasteiger partial charge in [-0.15, -0.1) is 0 Å². The van der Waals surface area contributed by atoms with E-state index in [1.807, 2.05) is 39.0 Å². The zero-order valence-corrected chi connectivity index (χ0v) is 13.0. The third kappa shape index (κ3) is 5.55. The topological polar surface area (TPSA) is 69.6 Å². The molecule has 0 saturated carbocycles. The number of hydrogen-bond donors (Lipinski definition) is 2. The zero-order chi connectivity index (χ0) is 15.8. The smallest absolute Gasteiger partial charge is 0.317 e. The van der Waals surface area contributed by atoms with E-state index >= 15 is 0 Å². The van der Waals surface area contributed by atoms with Crippen molar-refractivity contribution in [2.24, 2.45) is 0 Å². The molecule has 0 saturated heterocycles. The molecule has 0 fully saturated rings. The van der Waals surface area contributed by atoms with Crippen LogP contribution in [0.3, 0.4) is 0 Å². The molecular weight excluding hydrogens is 268 g/mol. The van der Waals surface area contributed by atoms with Crippen LogP contribution >= 0.6 is 0 Å². The predicted octanol–water partition coefficient (Wildman–Crippen LogP) is 2.29. The lowest BCUT2D eigenvalue weighted by Crippen LogP contribution is -2.37. The number of nitrogens with zero attached hydrogens (tertiary/aromatic N) is 1. The van der Waals surface area contributed by atoms with Gasteiger partial charge in [0.15, 0.2) is 0 Å². The van der Waals surface area contributed by atoms with E-state index in [4.69, 9.17) is 5.11 Å². The number of amides is 1. The Balaban J connectivity index is 2.74. The number of benzene rings is 1. The molecule has 116 valence electrons. The van der Waals surface area contributed by atoms with E-state index in [1.165, 1.54) is 0 Å². The Morgan fingerprint density at radius 3 is 2.52 bits per heavy atom. The van der Waals surface area contributed by atoms with Gasteiger partial charge in [-0.1, -0.05) is 32.0 Å². The monoisotopic (exact) mass is 292 g/mol. The van der Waals surface area contributed by atoms with Crippen LogP contribution in [0.4, 0.5) is 5.69 Å². The summed E-state index contributed by atoms with van der Waals surface area (Å²) < 4.78 is 0. The molecule has 0 aliphatic carbocycles. The van der Waals surface area contributed by atoms with Gasteiger partial charge in [-0.05, 0) is 37.4 Å². The van der Waals surface area contributed by atoms with Crippen LogP contribution in [0.15, 0.2) is 18.2 Å². The van der Waals surface area contributed by atoms with Crippen molar-refractivity contribution in [1.29, 1.82) is 0 Å². The minimum absolute atomic E-state index is 0.0949. The Morgan fingerprint density at radius 2 is 1.95 bits per heavy atom. The second kappa shape index (κ2) is 8.42. The molecule has 0 aliphatic rings. The van der Waals surface area contributed by atoms with E-state index in [2.05, 4.69) is 5.32 Å². The van der Waals surface area contributed by atoms with E-state index < -0.39 is 5.97 Å². The van der Waals surface area contributed by atoms with Crippen molar-refractivity contribution in [3.8, 4) is 0 Å². The van der Waals surface area contributed by atoms with E-state index in [0.29, 0.717) is 6.54 Å². The minimum Gasteiger partial charge on any atom is -0.480 e. The van der Waals surface area contributed by atoms with Crippen LogP contribution in [-0.4, -0.2) is 41.5 Å². The maximum absolute atomic E-state index is 12.2. The van der Waals surface area contributed by atoms with E-state index in [0.717, 1.165) is 29.7 Å². The quantitative estimate of drug-likeness (QED) is 0.771. The molecule has 0 heterocycles. The number of carboxylic acid groups (broad SMARTS) is 1. The van der Waals surface area contributed by atoms with Crippen molar-refractivity contribution >= 4 is 17.6 Å². The molecule has 2 N–H and O–H groups in total. The lowest BCUT2D eigenvalue weighted by Gasteiger charge is -2.20. The summed E-state index contributed by atoms with van der Waals surface area (Å²) in [6.45, 7) is 6.53. The van der Waals surface area contributed by atoms with E-state index in [-0.39, 0.29) is 19.0 Å². The maximum Gasteiger partial charge on any atom is 0.317 e. The molecule has 0 radical (unpaired) electrons. The number of anilines is 1. The molecule has 5 nitrogen and oxygen atoms in total. The lowest BCUT2D eigenvalue weighted by molar-refractivity contribution is -0.138. The van der Waals surface area contributed by atoms with Gasteiger partial charge in [-0.3, -0.25) is 14.5 Å². The van der Waals surface area contributed by atoms with Crippen LogP contribution in [0.25, 0.3) is 0 Å². The largest absolute Gasteiger partial charge is 0.480 e. The fourth-order valence-electron chi connectivity index (χ4n) is 2.31. The normalized spacial score (nSPS) is 10.7. The second-order valence-electron chi connectivity index (χ2n) is 5.12. The zero-order valence-electron chi connectivity index (χ0n) is 13.0. The fourth-order valence-corrected chi connectivity index (χ4v) is 2.31. The van der Waals surface area contributed by atoms with Crippen LogP contribution in [0.1, 0.15) is 31.4 Å². The van der Waals surface area contributed by atoms with Gasteiger partial charge in [0.2, 0.25) is 5.91 Å². The highest BCUT2D eigenvalue weighted by molar-refractivity contribution is 5.94. The van der Waals surface area contributed by atoms with Gasteiger partial charge in [0, 0.05) is 5.69 Å². The Labute approximate surface area is 126 Å². The summed E-state index contributed by atoms with van der Waals surface area (Å²) in [5.74, 6) is -1.09. The molecular formula is C16H24N2O3. The highest BCUT2D eigenvalue weighted by Gasteiger charge is 2.15. The molecule has 0 spiro atoms. The number of para-hydroxylation sites is 1. The number of aliphatic carboxylic acids is 1. The first-order valence-electron chi connectivity index (χ1n) is 7.30. The predicted molar refractivity (Wildman–Crippen MR) is 83.6 cm³/mol. The van der Waals surface area contributed by atoms with E-state index in [1.54, 1.807) is 4.90 Å². The molecule has 1 aromatic rings. The molecule has 1 amide bonds. The number of carbonyl (C=O) groups excluding carboxylic acids is 1. The Kier molecular flexibility index (Phi) is 6.88. The Morgan fingerprint density at radius 1 is 1.24 bits per heavy atom. The summed E-state index contributed by atoms with van der Waals surface area (Å²) in [4.78, 5) is 24.6. The number of hydrogen-bond acceptors (Lipinski definition) is 3. The van der Waals surface area contributed by atoms with Gasteiger partial charge in [0.25, 0.3) is 0 Å². The van der Waals surface area contributed by atoms with Crippen molar-refractivity contribution in [2.75, 3.05) is 25.0 Å². The second-order valence-corrected chi connectivity index (χ2v) is 5.12. The van der Waals surface area contributed by atoms with Crippen molar-refractivity contribution in [3.05, 3.63) is 29.3 Å². The third-order valence-corrected chi connectivity index (χ3v) is 3.27. The molecule has 0 aliphatic heterocycles. The molecule has 0 bridgehead atoms. The summed E-state index contributed by atoms with van der Waals surface area (Å²) in [6.07, 6.45) is 1.65. The van der Waals surface area contributed by atoms with Gasteiger partial charge < -0.3 is 10.4 Å². The number of nitrogens with one attached hydrogen (secondary N) is 1. The highest BCUT2D eigenvalue weighted by atomic mass is 16.4. The number of aryl methyl sites for hydroxylation is 2.